The van der Waals surface area contributed by atoms with E-state index in [1.165, 1.54) is 0 Å². The van der Waals surface area contributed by atoms with Gasteiger partial charge in [0.1, 0.15) is 0 Å². The average Bonchev–Trinajstić information content (AvgIpc) is 3.11. The van der Waals surface area contributed by atoms with Crippen molar-refractivity contribution in [1.29, 1.82) is 0 Å². The summed E-state index contributed by atoms with van der Waals surface area (Å²) in [5.74, 6) is 0. The number of hydrogen-bond donors (Lipinski definition) is 6. The first kappa shape index (κ1) is 51.4. The number of nitrogens with one attached hydrogen (secondary N) is 2. The fourth-order valence-electron chi connectivity index (χ4n) is 4.81. The SMILES string of the molecule is COCCCNCC(O)COCC(C)OCC(C)OCC(O)CN(CCCOC)CC(O)COCC(C)OCC(C)OCC(O)CNCCCOC. The van der Waals surface area contributed by atoms with Crippen molar-refractivity contribution in [2.75, 3.05) is 140 Å². The van der Waals surface area contributed by atoms with E-state index in [0.717, 1.165) is 32.4 Å². The van der Waals surface area contributed by atoms with E-state index in [-0.39, 0.29) is 50.8 Å². The van der Waals surface area contributed by atoms with E-state index >= 15 is 0 Å². The minimum atomic E-state index is -0.764. The van der Waals surface area contributed by atoms with Crippen LogP contribution in [0.5, 0.6) is 0 Å². The maximum Gasteiger partial charge on any atom is 0.0900 e. The van der Waals surface area contributed by atoms with Gasteiger partial charge in [0, 0.05) is 73.9 Å². The monoisotopic (exact) mass is 760 g/mol. The van der Waals surface area contributed by atoms with Crippen molar-refractivity contribution in [2.24, 2.45) is 0 Å². The number of rotatable bonds is 40. The minimum absolute atomic E-state index is 0.119. The van der Waals surface area contributed by atoms with Gasteiger partial charge in [-0.2, -0.15) is 0 Å². The van der Waals surface area contributed by atoms with Gasteiger partial charge in [0.05, 0.1) is 102 Å². The topological polar surface area (TPSA) is 191 Å². The van der Waals surface area contributed by atoms with Gasteiger partial charge in [-0.25, -0.2) is 0 Å². The van der Waals surface area contributed by atoms with Crippen LogP contribution < -0.4 is 10.6 Å². The Morgan fingerprint density at radius 1 is 0.462 bits per heavy atom. The molecule has 16 nitrogen and oxygen atoms in total. The summed E-state index contributed by atoms with van der Waals surface area (Å²) in [6.07, 6.45) is -1.03. The van der Waals surface area contributed by atoms with E-state index in [9.17, 15) is 20.4 Å². The van der Waals surface area contributed by atoms with Gasteiger partial charge in [-0.15, -0.1) is 0 Å². The number of aliphatic hydroxyl groups is 4. The van der Waals surface area contributed by atoms with Crippen LogP contribution in [0.15, 0.2) is 0 Å². The van der Waals surface area contributed by atoms with Crippen molar-refractivity contribution in [1.82, 2.24) is 15.5 Å². The Morgan fingerprint density at radius 2 is 0.827 bits per heavy atom. The molecule has 0 bridgehead atoms. The number of methoxy groups -OCH3 is 3. The first-order valence-electron chi connectivity index (χ1n) is 18.9. The molecule has 16 heteroatoms. The minimum Gasteiger partial charge on any atom is -0.389 e. The normalized spacial score (nSPS) is 16.8. The molecule has 0 spiro atoms. The summed E-state index contributed by atoms with van der Waals surface area (Å²) in [4.78, 5) is 1.98. The quantitative estimate of drug-likeness (QED) is 0.0445. The third-order valence-corrected chi connectivity index (χ3v) is 7.63. The molecule has 8 atom stereocenters. The Hall–Kier alpha value is -0.640. The summed E-state index contributed by atoms with van der Waals surface area (Å²) >= 11 is 0. The van der Waals surface area contributed by atoms with Crippen LogP contribution in [0, 0.1) is 0 Å². The summed E-state index contributed by atoms with van der Waals surface area (Å²) in [5.41, 5.74) is 0. The zero-order chi connectivity index (χ0) is 38.8. The van der Waals surface area contributed by atoms with Crippen LogP contribution in [0.2, 0.25) is 0 Å². The fourth-order valence-corrected chi connectivity index (χ4v) is 4.81. The Kier molecular flexibility index (Phi) is 35.6. The van der Waals surface area contributed by atoms with Crippen molar-refractivity contribution < 1.29 is 63.1 Å². The van der Waals surface area contributed by atoms with Gasteiger partial charge in [0.15, 0.2) is 0 Å². The maximum atomic E-state index is 10.7. The molecule has 0 saturated carbocycles. The lowest BCUT2D eigenvalue weighted by molar-refractivity contribution is -0.0843. The second-order valence-corrected chi connectivity index (χ2v) is 13.5. The molecule has 0 fully saturated rings. The first-order chi connectivity index (χ1) is 25.0. The van der Waals surface area contributed by atoms with Gasteiger partial charge < -0.3 is 73.7 Å². The Bertz CT molecular complexity index is 752. The fraction of sp³-hybridized carbons (Fsp3) is 1.00. The molecule has 52 heavy (non-hydrogen) atoms. The second-order valence-electron chi connectivity index (χ2n) is 13.5. The van der Waals surface area contributed by atoms with Crippen molar-refractivity contribution in [3.8, 4) is 0 Å². The first-order valence-corrected chi connectivity index (χ1v) is 18.9. The van der Waals surface area contributed by atoms with Crippen molar-refractivity contribution in [2.45, 2.75) is 95.8 Å². The van der Waals surface area contributed by atoms with E-state index < -0.39 is 24.4 Å². The van der Waals surface area contributed by atoms with Gasteiger partial charge in [-0.3, -0.25) is 4.90 Å². The van der Waals surface area contributed by atoms with Crippen molar-refractivity contribution in [3.63, 3.8) is 0 Å². The van der Waals surface area contributed by atoms with Gasteiger partial charge in [0.25, 0.3) is 0 Å². The van der Waals surface area contributed by atoms with E-state index in [4.69, 9.17) is 42.6 Å². The molecule has 314 valence electrons. The van der Waals surface area contributed by atoms with E-state index in [0.29, 0.717) is 79.0 Å². The standard InChI is InChI=1S/C36H77N3O13/c1-29(21-47-25-33(40)17-37-11-8-14-44-5)50-24-32(4)52-28-36(43)20-39(13-10-16-46-7)19-35(42)26-48-22-30(2)49-23-31(3)51-27-34(41)18-38-12-9-15-45-6/h29-38,40-43H,8-28H2,1-7H3. The number of ether oxygens (including phenoxy) is 9. The predicted molar refractivity (Wildman–Crippen MR) is 199 cm³/mol. The number of hydrogen-bond acceptors (Lipinski definition) is 16. The Morgan fingerprint density at radius 3 is 1.31 bits per heavy atom. The molecular formula is C36H77N3O13. The summed E-state index contributed by atoms with van der Waals surface area (Å²) in [6.45, 7) is 15.2. The van der Waals surface area contributed by atoms with Crippen LogP contribution in [-0.4, -0.2) is 214 Å². The number of nitrogens with zero attached hydrogens (tertiary/aromatic N) is 1. The van der Waals surface area contributed by atoms with Crippen LogP contribution in [-0.2, 0) is 42.6 Å². The van der Waals surface area contributed by atoms with Gasteiger partial charge in [-0.1, -0.05) is 0 Å². The molecule has 0 aliphatic heterocycles. The predicted octanol–water partition coefficient (Wildman–Crippen LogP) is -0.326. The molecule has 0 saturated heterocycles. The van der Waals surface area contributed by atoms with Crippen LogP contribution in [0.3, 0.4) is 0 Å². The highest BCUT2D eigenvalue weighted by Crippen LogP contribution is 2.05. The largest absolute Gasteiger partial charge is 0.389 e. The summed E-state index contributed by atoms with van der Waals surface area (Å²) in [5, 5.41) is 47.8. The van der Waals surface area contributed by atoms with E-state index in [1.807, 2.05) is 32.6 Å². The highest BCUT2D eigenvalue weighted by atomic mass is 16.6. The van der Waals surface area contributed by atoms with E-state index in [2.05, 4.69) is 10.6 Å². The summed E-state index contributed by atoms with van der Waals surface area (Å²) in [6, 6.07) is 0. The molecule has 0 aliphatic rings. The molecule has 0 aromatic heterocycles. The van der Waals surface area contributed by atoms with E-state index in [1.54, 1.807) is 21.3 Å². The van der Waals surface area contributed by atoms with Crippen LogP contribution >= 0.6 is 0 Å². The molecule has 6 N–H and O–H groups in total. The van der Waals surface area contributed by atoms with Gasteiger partial charge in [0.2, 0.25) is 0 Å². The summed E-state index contributed by atoms with van der Waals surface area (Å²) < 4.78 is 49.7. The highest BCUT2D eigenvalue weighted by Gasteiger charge is 2.18. The smallest absolute Gasteiger partial charge is 0.0900 e. The Labute approximate surface area is 314 Å². The van der Waals surface area contributed by atoms with Gasteiger partial charge in [-0.05, 0) is 60.0 Å². The molecule has 0 rings (SSSR count). The number of aliphatic hydroxyl groups excluding tert-OH is 4. The lowest BCUT2D eigenvalue weighted by Crippen LogP contribution is -2.42. The van der Waals surface area contributed by atoms with Crippen molar-refractivity contribution >= 4 is 0 Å². The van der Waals surface area contributed by atoms with Gasteiger partial charge >= 0.3 is 0 Å². The molecule has 0 aromatic carbocycles. The lowest BCUT2D eigenvalue weighted by Gasteiger charge is -2.28. The maximum absolute atomic E-state index is 10.7. The lowest BCUT2D eigenvalue weighted by atomic mass is 10.2. The third-order valence-electron chi connectivity index (χ3n) is 7.63. The summed E-state index contributed by atoms with van der Waals surface area (Å²) in [7, 11) is 4.97. The molecule has 0 radical (unpaired) electrons. The average molecular weight is 760 g/mol. The molecule has 8 unspecified atom stereocenters. The van der Waals surface area contributed by atoms with Crippen LogP contribution in [0.4, 0.5) is 0 Å². The van der Waals surface area contributed by atoms with Crippen LogP contribution in [0.25, 0.3) is 0 Å². The zero-order valence-corrected chi connectivity index (χ0v) is 33.4. The molecule has 0 amide bonds. The second kappa shape index (κ2) is 36.0. The molecule has 0 aliphatic carbocycles. The van der Waals surface area contributed by atoms with Crippen molar-refractivity contribution in [3.05, 3.63) is 0 Å². The molecule has 0 heterocycles. The Balaban J connectivity index is 4.26. The molecular weight excluding hydrogens is 682 g/mol. The molecule has 0 aromatic rings. The highest BCUT2D eigenvalue weighted by molar-refractivity contribution is 4.70. The third kappa shape index (κ3) is 33.9. The zero-order valence-electron chi connectivity index (χ0n) is 33.4. The van der Waals surface area contributed by atoms with Crippen LogP contribution in [0.1, 0.15) is 47.0 Å².